The van der Waals surface area contributed by atoms with Crippen LogP contribution in [0.2, 0.25) is 0 Å². The van der Waals surface area contributed by atoms with Gasteiger partial charge in [-0.1, -0.05) is 13.8 Å². The molecular formula is C7H10N2O3. The minimum Gasteiger partial charge on any atom is -0.340 e. The van der Waals surface area contributed by atoms with Crippen LogP contribution in [0.5, 0.6) is 0 Å². The molecule has 66 valence electrons. The van der Waals surface area contributed by atoms with E-state index in [0.717, 1.165) is 0 Å². The molecule has 0 aromatic rings. The van der Waals surface area contributed by atoms with Crippen LogP contribution in [0.4, 0.5) is 0 Å². The normalized spacial score (nSPS) is 8.83. The van der Waals surface area contributed by atoms with Crippen molar-refractivity contribution in [1.82, 2.24) is 5.48 Å². The molecule has 0 rings (SSSR count). The number of hydrogen-bond donors (Lipinski definition) is 1. The van der Waals surface area contributed by atoms with Gasteiger partial charge < -0.3 is 4.84 Å². The predicted molar refractivity (Wildman–Crippen MR) is 39.3 cm³/mol. The van der Waals surface area contributed by atoms with Crippen molar-refractivity contribution in [1.29, 1.82) is 5.26 Å². The topological polar surface area (TPSA) is 79.2 Å². The molecule has 0 aliphatic heterocycles. The van der Waals surface area contributed by atoms with Crippen molar-refractivity contribution < 1.29 is 14.4 Å². The predicted octanol–water partition coefficient (Wildman–Crippen LogP) is 0.130. The summed E-state index contributed by atoms with van der Waals surface area (Å²) in [4.78, 5) is 25.5. The third kappa shape index (κ3) is 4.28. The van der Waals surface area contributed by atoms with Gasteiger partial charge in [-0.25, -0.2) is 4.79 Å². The van der Waals surface area contributed by atoms with E-state index in [4.69, 9.17) is 5.26 Å². The lowest BCUT2D eigenvalue weighted by Crippen LogP contribution is -2.30. The number of nitriles is 1. The van der Waals surface area contributed by atoms with Crippen LogP contribution in [0.3, 0.4) is 0 Å². The number of hydrogen-bond acceptors (Lipinski definition) is 4. The van der Waals surface area contributed by atoms with Gasteiger partial charge in [-0.3, -0.25) is 4.79 Å². The zero-order valence-electron chi connectivity index (χ0n) is 6.96. The van der Waals surface area contributed by atoms with Gasteiger partial charge in [0.25, 0.3) is 5.91 Å². The lowest BCUT2D eigenvalue weighted by molar-refractivity contribution is -0.158. The van der Waals surface area contributed by atoms with E-state index in [2.05, 4.69) is 4.84 Å². The summed E-state index contributed by atoms with van der Waals surface area (Å²) in [5.74, 6) is -1.40. The lowest BCUT2D eigenvalue weighted by Gasteiger charge is -2.05. The van der Waals surface area contributed by atoms with Crippen molar-refractivity contribution in [3.63, 3.8) is 0 Å². The second kappa shape index (κ2) is 5.13. The standard InChI is InChI=1S/C7H10N2O3/c1-5(2)7(11)9-12-6(10)3-4-8/h5H,3H2,1-2H3,(H,9,11). The lowest BCUT2D eigenvalue weighted by atomic mass is 10.2. The molecule has 0 aliphatic rings. The molecule has 0 unspecified atom stereocenters. The van der Waals surface area contributed by atoms with E-state index >= 15 is 0 Å². The van der Waals surface area contributed by atoms with Gasteiger partial charge in [0.2, 0.25) is 0 Å². The fourth-order valence-electron chi connectivity index (χ4n) is 0.326. The van der Waals surface area contributed by atoms with Crippen LogP contribution in [0.25, 0.3) is 0 Å². The van der Waals surface area contributed by atoms with Crippen molar-refractivity contribution in [3.05, 3.63) is 0 Å². The molecule has 0 saturated carbocycles. The highest BCUT2D eigenvalue weighted by molar-refractivity contribution is 5.79. The number of nitrogens with one attached hydrogen (secondary N) is 1. The van der Waals surface area contributed by atoms with Crippen molar-refractivity contribution >= 4 is 11.9 Å². The number of rotatable bonds is 2. The van der Waals surface area contributed by atoms with Gasteiger partial charge in [-0.2, -0.15) is 10.7 Å². The molecule has 0 saturated heterocycles. The maximum atomic E-state index is 10.8. The molecule has 0 fully saturated rings. The first-order valence-corrected chi connectivity index (χ1v) is 3.44. The Bertz CT molecular complexity index is 217. The summed E-state index contributed by atoms with van der Waals surface area (Å²) in [6, 6.07) is 1.59. The minimum absolute atomic E-state index is 0.250. The van der Waals surface area contributed by atoms with E-state index in [9.17, 15) is 9.59 Å². The Labute approximate surface area is 70.3 Å². The molecule has 0 radical (unpaired) electrons. The van der Waals surface area contributed by atoms with E-state index in [0.29, 0.717) is 0 Å². The average Bonchev–Trinajstić information content (AvgIpc) is 2.00. The molecule has 1 amide bonds. The second-order valence-electron chi connectivity index (χ2n) is 2.43. The smallest absolute Gasteiger partial charge is 0.340 e. The van der Waals surface area contributed by atoms with Crippen LogP contribution in [0, 0.1) is 17.2 Å². The molecule has 0 aliphatic carbocycles. The summed E-state index contributed by atoms with van der Waals surface area (Å²) in [6.07, 6.45) is -0.363. The summed E-state index contributed by atoms with van der Waals surface area (Å²) in [7, 11) is 0. The molecule has 0 spiro atoms. The van der Waals surface area contributed by atoms with Crippen LogP contribution in [0.1, 0.15) is 20.3 Å². The third-order valence-electron chi connectivity index (χ3n) is 1.01. The highest BCUT2D eigenvalue weighted by atomic mass is 16.7. The highest BCUT2D eigenvalue weighted by Gasteiger charge is 2.09. The van der Waals surface area contributed by atoms with Gasteiger partial charge in [0.05, 0.1) is 6.07 Å². The number of carbonyl (C=O) groups excluding carboxylic acids is 2. The third-order valence-corrected chi connectivity index (χ3v) is 1.01. The van der Waals surface area contributed by atoms with Crippen molar-refractivity contribution in [2.75, 3.05) is 0 Å². The molecule has 12 heavy (non-hydrogen) atoms. The minimum atomic E-state index is -0.758. The first kappa shape index (κ1) is 10.4. The maximum absolute atomic E-state index is 10.8. The Kier molecular flexibility index (Phi) is 4.46. The van der Waals surface area contributed by atoms with Gasteiger partial charge >= 0.3 is 5.97 Å². The van der Waals surface area contributed by atoms with Gasteiger partial charge in [0, 0.05) is 5.92 Å². The zero-order valence-corrected chi connectivity index (χ0v) is 6.96. The van der Waals surface area contributed by atoms with Crippen LogP contribution in [-0.2, 0) is 14.4 Å². The fraction of sp³-hybridized carbons (Fsp3) is 0.571. The number of hydroxylamine groups is 1. The average molecular weight is 170 g/mol. The molecule has 0 aromatic carbocycles. The van der Waals surface area contributed by atoms with Crippen LogP contribution < -0.4 is 5.48 Å². The van der Waals surface area contributed by atoms with Crippen molar-refractivity contribution in [2.24, 2.45) is 5.92 Å². The summed E-state index contributed by atoms with van der Waals surface area (Å²) >= 11 is 0. The summed E-state index contributed by atoms with van der Waals surface area (Å²) < 4.78 is 0. The highest BCUT2D eigenvalue weighted by Crippen LogP contribution is 1.90. The Hall–Kier alpha value is -1.57. The Balaban J connectivity index is 3.63. The molecule has 0 bridgehead atoms. The summed E-state index contributed by atoms with van der Waals surface area (Å²) in [6.45, 7) is 3.32. The van der Waals surface area contributed by atoms with Crippen LogP contribution in [0.15, 0.2) is 0 Å². The molecule has 0 heterocycles. The van der Waals surface area contributed by atoms with Crippen LogP contribution >= 0.6 is 0 Å². The van der Waals surface area contributed by atoms with Crippen LogP contribution in [-0.4, -0.2) is 11.9 Å². The Morgan fingerprint density at radius 1 is 1.58 bits per heavy atom. The molecule has 0 aromatic heterocycles. The van der Waals surface area contributed by atoms with Gasteiger partial charge in [0.1, 0.15) is 6.42 Å². The van der Waals surface area contributed by atoms with Crippen molar-refractivity contribution in [3.8, 4) is 6.07 Å². The molecular weight excluding hydrogens is 160 g/mol. The van der Waals surface area contributed by atoms with Gasteiger partial charge in [-0.05, 0) is 0 Å². The Morgan fingerprint density at radius 3 is 2.58 bits per heavy atom. The van der Waals surface area contributed by atoms with Gasteiger partial charge in [0.15, 0.2) is 0 Å². The fourth-order valence-corrected chi connectivity index (χ4v) is 0.326. The number of nitrogens with zero attached hydrogens (tertiary/aromatic N) is 1. The van der Waals surface area contributed by atoms with E-state index in [1.807, 2.05) is 5.48 Å². The molecule has 1 N–H and O–H groups in total. The SMILES string of the molecule is CC(C)C(=O)NOC(=O)CC#N. The first-order valence-electron chi connectivity index (χ1n) is 3.44. The van der Waals surface area contributed by atoms with Gasteiger partial charge in [-0.15, -0.1) is 0 Å². The molecule has 5 heteroatoms. The van der Waals surface area contributed by atoms with Crippen molar-refractivity contribution in [2.45, 2.75) is 20.3 Å². The number of carbonyl (C=O) groups is 2. The van der Waals surface area contributed by atoms with E-state index in [1.54, 1.807) is 19.9 Å². The van der Waals surface area contributed by atoms with E-state index < -0.39 is 5.97 Å². The number of amides is 1. The second-order valence-corrected chi connectivity index (χ2v) is 2.43. The molecule has 5 nitrogen and oxygen atoms in total. The summed E-state index contributed by atoms with van der Waals surface area (Å²) in [5, 5.41) is 8.05. The monoisotopic (exact) mass is 170 g/mol. The molecule has 0 atom stereocenters. The largest absolute Gasteiger partial charge is 0.346 e. The van der Waals surface area contributed by atoms with E-state index in [-0.39, 0.29) is 18.2 Å². The van der Waals surface area contributed by atoms with E-state index in [1.165, 1.54) is 0 Å². The first-order chi connectivity index (χ1) is 5.57. The Morgan fingerprint density at radius 2 is 2.17 bits per heavy atom. The maximum Gasteiger partial charge on any atom is 0.346 e. The zero-order chi connectivity index (χ0) is 9.56. The quantitative estimate of drug-likeness (QED) is 0.597. The summed E-state index contributed by atoms with van der Waals surface area (Å²) in [5.41, 5.74) is 1.93.